The standard InChI is InChI=1S/C12H14Br3NO2S/c1-8-7-16(5-4-10(8)14)19(17,18)12-6-9(13)2-3-11(12)15/h2-3,6,8,10H,4-5,7H2,1H3. The minimum atomic E-state index is -3.44. The van der Waals surface area contributed by atoms with Gasteiger partial charge in [-0.2, -0.15) is 4.31 Å². The molecule has 0 aromatic heterocycles. The quantitative estimate of drug-likeness (QED) is 0.606. The van der Waals surface area contributed by atoms with Crippen LogP contribution in [0.15, 0.2) is 32.0 Å². The lowest BCUT2D eigenvalue weighted by Gasteiger charge is -2.33. The Morgan fingerprint density at radius 1 is 1.32 bits per heavy atom. The van der Waals surface area contributed by atoms with Gasteiger partial charge in [0.1, 0.15) is 0 Å². The molecule has 1 saturated heterocycles. The van der Waals surface area contributed by atoms with E-state index in [0.29, 0.717) is 33.2 Å². The average molecular weight is 476 g/mol. The van der Waals surface area contributed by atoms with Gasteiger partial charge in [0.15, 0.2) is 0 Å². The zero-order valence-electron chi connectivity index (χ0n) is 10.3. The van der Waals surface area contributed by atoms with E-state index in [2.05, 4.69) is 54.7 Å². The Bertz CT molecular complexity index is 576. The Morgan fingerprint density at radius 2 is 2.00 bits per heavy atom. The van der Waals surface area contributed by atoms with Crippen molar-refractivity contribution in [3.8, 4) is 0 Å². The van der Waals surface area contributed by atoms with Crippen LogP contribution in [0.3, 0.4) is 0 Å². The van der Waals surface area contributed by atoms with Gasteiger partial charge in [-0.25, -0.2) is 8.42 Å². The summed E-state index contributed by atoms with van der Waals surface area (Å²) < 4.78 is 28.3. The van der Waals surface area contributed by atoms with Crippen molar-refractivity contribution in [2.75, 3.05) is 13.1 Å². The summed E-state index contributed by atoms with van der Waals surface area (Å²) in [6, 6.07) is 5.21. The molecule has 0 spiro atoms. The smallest absolute Gasteiger partial charge is 0.207 e. The number of alkyl halides is 1. The second-order valence-corrected chi connectivity index (χ2v) is 9.57. The molecule has 1 aliphatic heterocycles. The largest absolute Gasteiger partial charge is 0.244 e. The molecule has 2 atom stereocenters. The summed E-state index contributed by atoms with van der Waals surface area (Å²) in [4.78, 5) is 0.715. The molecule has 1 aromatic carbocycles. The Kier molecular flexibility index (Phi) is 5.15. The molecule has 0 N–H and O–H groups in total. The van der Waals surface area contributed by atoms with Crippen molar-refractivity contribution >= 4 is 57.8 Å². The first-order valence-electron chi connectivity index (χ1n) is 5.91. The predicted molar refractivity (Wildman–Crippen MR) is 87.1 cm³/mol. The second kappa shape index (κ2) is 6.13. The van der Waals surface area contributed by atoms with Gasteiger partial charge < -0.3 is 0 Å². The van der Waals surface area contributed by atoms with Crippen molar-refractivity contribution in [1.82, 2.24) is 4.31 Å². The molecule has 3 nitrogen and oxygen atoms in total. The number of sulfonamides is 1. The minimum Gasteiger partial charge on any atom is -0.207 e. The van der Waals surface area contributed by atoms with Gasteiger partial charge in [-0.1, -0.05) is 38.8 Å². The normalized spacial score (nSPS) is 25.5. The topological polar surface area (TPSA) is 37.4 Å². The molecular weight excluding hydrogens is 462 g/mol. The molecule has 1 aromatic rings. The van der Waals surface area contributed by atoms with Crippen molar-refractivity contribution in [3.05, 3.63) is 27.1 Å². The van der Waals surface area contributed by atoms with Gasteiger partial charge in [-0.15, -0.1) is 0 Å². The summed E-state index contributed by atoms with van der Waals surface area (Å²) in [5, 5.41) is 0. The average Bonchev–Trinajstić information content (AvgIpc) is 2.35. The third kappa shape index (κ3) is 3.43. The van der Waals surface area contributed by atoms with Gasteiger partial charge in [0.25, 0.3) is 0 Å². The van der Waals surface area contributed by atoms with Crippen LogP contribution in [0.4, 0.5) is 0 Å². The van der Waals surface area contributed by atoms with E-state index in [0.717, 1.165) is 10.9 Å². The lowest BCUT2D eigenvalue weighted by Crippen LogP contribution is -2.43. The highest BCUT2D eigenvalue weighted by atomic mass is 79.9. The zero-order valence-corrected chi connectivity index (χ0v) is 15.9. The van der Waals surface area contributed by atoms with Gasteiger partial charge in [0.2, 0.25) is 10.0 Å². The summed E-state index contributed by atoms with van der Waals surface area (Å²) in [7, 11) is -3.44. The number of piperidine rings is 1. The third-order valence-electron chi connectivity index (χ3n) is 3.27. The van der Waals surface area contributed by atoms with E-state index in [1.807, 2.05) is 6.07 Å². The molecule has 1 aliphatic rings. The van der Waals surface area contributed by atoms with Gasteiger partial charge >= 0.3 is 0 Å². The summed E-state index contributed by atoms with van der Waals surface area (Å²) in [6.45, 7) is 3.18. The van der Waals surface area contributed by atoms with E-state index >= 15 is 0 Å². The maximum Gasteiger partial charge on any atom is 0.244 e. The fraction of sp³-hybridized carbons (Fsp3) is 0.500. The Morgan fingerprint density at radius 3 is 2.63 bits per heavy atom. The lowest BCUT2D eigenvalue weighted by molar-refractivity contribution is 0.291. The summed E-state index contributed by atoms with van der Waals surface area (Å²) >= 11 is 10.2. The molecule has 2 unspecified atom stereocenters. The van der Waals surface area contributed by atoms with E-state index in [1.165, 1.54) is 0 Å². The van der Waals surface area contributed by atoms with Crippen LogP contribution in [-0.2, 0) is 10.0 Å². The second-order valence-electron chi connectivity index (χ2n) is 4.72. The first-order chi connectivity index (χ1) is 8.82. The molecule has 2 rings (SSSR count). The number of nitrogens with zero attached hydrogens (tertiary/aromatic N) is 1. The predicted octanol–water partition coefficient (Wildman–Crippen LogP) is 4.01. The van der Waals surface area contributed by atoms with Crippen LogP contribution in [0.25, 0.3) is 0 Å². The van der Waals surface area contributed by atoms with Crippen molar-refractivity contribution in [2.45, 2.75) is 23.1 Å². The number of hydrogen-bond donors (Lipinski definition) is 0. The van der Waals surface area contributed by atoms with Crippen LogP contribution >= 0.6 is 47.8 Å². The Balaban J connectivity index is 2.35. The van der Waals surface area contributed by atoms with Crippen LogP contribution < -0.4 is 0 Å². The van der Waals surface area contributed by atoms with Gasteiger partial charge in [0.05, 0.1) is 4.90 Å². The van der Waals surface area contributed by atoms with Crippen molar-refractivity contribution < 1.29 is 8.42 Å². The number of benzene rings is 1. The highest BCUT2D eigenvalue weighted by Gasteiger charge is 2.33. The first-order valence-corrected chi connectivity index (χ1v) is 9.86. The minimum absolute atomic E-state index is 0.314. The monoisotopic (exact) mass is 473 g/mol. The van der Waals surface area contributed by atoms with Gasteiger partial charge in [-0.3, -0.25) is 0 Å². The summed E-state index contributed by atoms with van der Waals surface area (Å²) in [5.74, 6) is 0.314. The van der Waals surface area contributed by atoms with Crippen molar-refractivity contribution in [1.29, 1.82) is 0 Å². The summed E-state index contributed by atoms with van der Waals surface area (Å²) in [6.07, 6.45) is 0.839. The van der Waals surface area contributed by atoms with E-state index < -0.39 is 10.0 Å². The molecule has 0 radical (unpaired) electrons. The molecule has 1 fully saturated rings. The molecule has 0 bridgehead atoms. The van der Waals surface area contributed by atoms with Crippen LogP contribution in [0.2, 0.25) is 0 Å². The number of rotatable bonds is 2. The van der Waals surface area contributed by atoms with Gasteiger partial charge in [-0.05, 0) is 46.5 Å². The molecule has 0 saturated carbocycles. The fourth-order valence-corrected chi connectivity index (χ4v) is 5.50. The van der Waals surface area contributed by atoms with E-state index in [4.69, 9.17) is 0 Å². The Hall–Kier alpha value is 0.570. The van der Waals surface area contributed by atoms with Crippen molar-refractivity contribution in [2.24, 2.45) is 5.92 Å². The number of halogens is 3. The SMILES string of the molecule is CC1CN(S(=O)(=O)c2cc(Br)ccc2Br)CCC1Br. The van der Waals surface area contributed by atoms with E-state index in [-0.39, 0.29) is 0 Å². The van der Waals surface area contributed by atoms with Crippen molar-refractivity contribution in [3.63, 3.8) is 0 Å². The van der Waals surface area contributed by atoms with Crippen LogP contribution in [0.1, 0.15) is 13.3 Å². The molecular formula is C12H14Br3NO2S. The van der Waals surface area contributed by atoms with Crippen LogP contribution in [0, 0.1) is 5.92 Å². The third-order valence-corrected chi connectivity index (χ3v) is 7.99. The first kappa shape index (κ1) is 15.9. The zero-order chi connectivity index (χ0) is 14.2. The molecule has 19 heavy (non-hydrogen) atoms. The van der Waals surface area contributed by atoms with Crippen LogP contribution in [0.5, 0.6) is 0 Å². The summed E-state index contributed by atoms with van der Waals surface area (Å²) in [5.41, 5.74) is 0. The lowest BCUT2D eigenvalue weighted by atomic mass is 10.0. The molecule has 0 amide bonds. The Labute approximate surface area is 139 Å². The molecule has 106 valence electrons. The molecule has 1 heterocycles. The molecule has 0 aliphatic carbocycles. The maximum absolute atomic E-state index is 12.7. The van der Waals surface area contributed by atoms with Crippen LogP contribution in [-0.4, -0.2) is 30.6 Å². The van der Waals surface area contributed by atoms with Gasteiger partial charge in [0, 0.05) is 26.9 Å². The number of hydrogen-bond acceptors (Lipinski definition) is 2. The fourth-order valence-electron chi connectivity index (χ4n) is 2.11. The maximum atomic E-state index is 12.7. The van der Waals surface area contributed by atoms with E-state index in [1.54, 1.807) is 16.4 Å². The highest BCUT2D eigenvalue weighted by molar-refractivity contribution is 9.11. The highest BCUT2D eigenvalue weighted by Crippen LogP contribution is 2.32. The van der Waals surface area contributed by atoms with E-state index in [9.17, 15) is 8.42 Å². The molecule has 7 heteroatoms.